The molecule has 2 aliphatic rings. The van der Waals surface area contributed by atoms with Crippen molar-refractivity contribution in [2.75, 3.05) is 39.3 Å². The Morgan fingerprint density at radius 3 is 2.72 bits per heavy atom. The zero-order valence-electron chi connectivity index (χ0n) is 10.6. The van der Waals surface area contributed by atoms with E-state index in [0.29, 0.717) is 11.7 Å². The predicted molar refractivity (Wildman–Crippen MR) is 69.5 cm³/mol. The van der Waals surface area contributed by atoms with Crippen molar-refractivity contribution in [1.29, 1.82) is 0 Å². The molecule has 3 rings (SSSR count). The number of nitrogens with one attached hydrogen (secondary N) is 2. The van der Waals surface area contributed by atoms with Gasteiger partial charge in [-0.1, -0.05) is 0 Å². The Kier molecular flexibility index (Phi) is 3.34. The number of aromatic nitrogens is 1. The molecule has 1 aromatic rings. The number of amides is 1. The van der Waals surface area contributed by atoms with Gasteiger partial charge in [0.15, 0.2) is 0 Å². The highest BCUT2D eigenvalue weighted by molar-refractivity contribution is 5.92. The molecule has 0 saturated carbocycles. The molecule has 0 aromatic carbocycles. The van der Waals surface area contributed by atoms with Crippen LogP contribution in [-0.4, -0.2) is 66.0 Å². The van der Waals surface area contributed by atoms with Crippen molar-refractivity contribution in [2.24, 2.45) is 0 Å². The molecule has 2 saturated heterocycles. The van der Waals surface area contributed by atoms with E-state index < -0.39 is 0 Å². The maximum atomic E-state index is 12.2. The first-order valence-electron chi connectivity index (χ1n) is 6.72. The van der Waals surface area contributed by atoms with Crippen molar-refractivity contribution in [3.8, 4) is 0 Å². The van der Waals surface area contributed by atoms with Crippen LogP contribution in [0.1, 0.15) is 16.9 Å². The summed E-state index contributed by atoms with van der Waals surface area (Å²) in [6.07, 6.45) is 3.04. The van der Waals surface area contributed by atoms with E-state index in [2.05, 4.69) is 15.2 Å². The van der Waals surface area contributed by atoms with E-state index in [1.165, 1.54) is 6.42 Å². The van der Waals surface area contributed by atoms with Crippen molar-refractivity contribution in [1.82, 2.24) is 20.1 Å². The van der Waals surface area contributed by atoms with Crippen molar-refractivity contribution in [3.63, 3.8) is 0 Å². The number of nitrogens with zero attached hydrogens (tertiary/aromatic N) is 2. The van der Waals surface area contributed by atoms with E-state index in [4.69, 9.17) is 0 Å². The monoisotopic (exact) mass is 248 g/mol. The van der Waals surface area contributed by atoms with Crippen molar-refractivity contribution >= 4 is 5.91 Å². The van der Waals surface area contributed by atoms with Gasteiger partial charge in [-0.05, 0) is 25.1 Å². The normalized spacial score (nSPS) is 25.6. The molecule has 2 aliphatic heterocycles. The topological polar surface area (TPSA) is 51.4 Å². The van der Waals surface area contributed by atoms with Gasteiger partial charge >= 0.3 is 0 Å². The second-order valence-electron chi connectivity index (χ2n) is 5.06. The van der Waals surface area contributed by atoms with Gasteiger partial charge in [-0.25, -0.2) is 0 Å². The quantitative estimate of drug-likeness (QED) is 0.782. The molecule has 98 valence electrons. The molecule has 5 heteroatoms. The summed E-state index contributed by atoms with van der Waals surface area (Å²) in [7, 11) is 0. The van der Waals surface area contributed by atoms with E-state index in [0.717, 1.165) is 39.3 Å². The standard InChI is InChI=1S/C13H20N4O/c18-13(12-2-1-4-15-12)17-8-6-16(7-9-17)11-3-5-14-10-11/h1-2,4,11,14-15H,3,5-10H2. The number of H-pyrrole nitrogens is 1. The fourth-order valence-corrected chi connectivity index (χ4v) is 2.87. The lowest BCUT2D eigenvalue weighted by molar-refractivity contribution is 0.0579. The summed E-state index contributed by atoms with van der Waals surface area (Å²) >= 11 is 0. The number of carbonyl (C=O) groups excluding carboxylic acids is 1. The SMILES string of the molecule is O=C(c1ccc[nH]1)N1CCN(C2CCNC2)CC1. The molecule has 0 radical (unpaired) electrons. The average molecular weight is 248 g/mol. The van der Waals surface area contributed by atoms with E-state index in [9.17, 15) is 4.79 Å². The maximum Gasteiger partial charge on any atom is 0.270 e. The number of rotatable bonds is 2. The zero-order valence-corrected chi connectivity index (χ0v) is 10.6. The Hall–Kier alpha value is -1.33. The largest absolute Gasteiger partial charge is 0.357 e. The molecule has 0 bridgehead atoms. The molecule has 1 unspecified atom stereocenters. The second kappa shape index (κ2) is 5.12. The molecule has 3 heterocycles. The van der Waals surface area contributed by atoms with Crippen LogP contribution in [0.15, 0.2) is 18.3 Å². The Bertz CT molecular complexity index is 389. The van der Waals surface area contributed by atoms with Crippen LogP contribution in [0, 0.1) is 0 Å². The summed E-state index contributed by atoms with van der Waals surface area (Å²) in [5, 5.41) is 3.40. The van der Waals surface area contributed by atoms with Crippen LogP contribution in [0.25, 0.3) is 0 Å². The van der Waals surface area contributed by atoms with E-state index in [-0.39, 0.29) is 5.91 Å². The third kappa shape index (κ3) is 2.28. The van der Waals surface area contributed by atoms with Gasteiger partial charge in [0.1, 0.15) is 5.69 Å². The van der Waals surface area contributed by atoms with Crippen LogP contribution >= 0.6 is 0 Å². The summed E-state index contributed by atoms with van der Waals surface area (Å²) in [5.41, 5.74) is 0.700. The first-order chi connectivity index (χ1) is 8.84. The minimum atomic E-state index is 0.129. The molecule has 1 atom stereocenters. The number of piperazine rings is 1. The highest BCUT2D eigenvalue weighted by atomic mass is 16.2. The summed E-state index contributed by atoms with van der Waals surface area (Å²) in [6, 6.07) is 4.39. The Labute approximate surface area is 107 Å². The fraction of sp³-hybridized carbons (Fsp3) is 0.615. The van der Waals surface area contributed by atoms with Crippen molar-refractivity contribution < 1.29 is 4.79 Å². The Morgan fingerprint density at radius 1 is 1.28 bits per heavy atom. The van der Waals surface area contributed by atoms with Gasteiger partial charge in [0.2, 0.25) is 0 Å². The predicted octanol–water partition coefficient (Wildman–Crippen LogP) is 0.134. The van der Waals surface area contributed by atoms with Crippen LogP contribution in [0.3, 0.4) is 0 Å². The van der Waals surface area contributed by atoms with E-state index >= 15 is 0 Å². The minimum Gasteiger partial charge on any atom is -0.357 e. The lowest BCUT2D eigenvalue weighted by Gasteiger charge is -2.37. The van der Waals surface area contributed by atoms with Crippen LogP contribution in [0.5, 0.6) is 0 Å². The molecule has 1 aromatic heterocycles. The van der Waals surface area contributed by atoms with Gasteiger partial charge in [-0.3, -0.25) is 9.69 Å². The van der Waals surface area contributed by atoms with Crippen molar-refractivity contribution in [2.45, 2.75) is 12.5 Å². The number of hydrogen-bond acceptors (Lipinski definition) is 3. The van der Waals surface area contributed by atoms with E-state index in [1.807, 2.05) is 17.0 Å². The zero-order chi connectivity index (χ0) is 12.4. The second-order valence-corrected chi connectivity index (χ2v) is 5.06. The van der Waals surface area contributed by atoms with Gasteiger partial charge in [0, 0.05) is 45.0 Å². The summed E-state index contributed by atoms with van der Waals surface area (Å²) < 4.78 is 0. The van der Waals surface area contributed by atoms with Gasteiger partial charge in [0.05, 0.1) is 0 Å². The Morgan fingerprint density at radius 2 is 2.11 bits per heavy atom. The smallest absolute Gasteiger partial charge is 0.270 e. The molecule has 0 aliphatic carbocycles. The first-order valence-corrected chi connectivity index (χ1v) is 6.72. The number of carbonyl (C=O) groups is 1. The van der Waals surface area contributed by atoms with Crippen LogP contribution in [0.2, 0.25) is 0 Å². The number of aromatic amines is 1. The summed E-state index contributed by atoms with van der Waals surface area (Å²) in [5.74, 6) is 0.129. The molecular formula is C13H20N4O. The van der Waals surface area contributed by atoms with Crippen molar-refractivity contribution in [3.05, 3.63) is 24.0 Å². The number of hydrogen-bond donors (Lipinski definition) is 2. The molecule has 2 N–H and O–H groups in total. The summed E-state index contributed by atoms with van der Waals surface area (Å²) in [4.78, 5) is 19.6. The molecule has 5 nitrogen and oxygen atoms in total. The van der Waals surface area contributed by atoms with Gasteiger partial charge in [-0.15, -0.1) is 0 Å². The molecule has 1 amide bonds. The third-order valence-electron chi connectivity index (χ3n) is 3.98. The lowest BCUT2D eigenvalue weighted by Crippen LogP contribution is -2.52. The molecule has 0 spiro atoms. The van der Waals surface area contributed by atoms with Crippen LogP contribution in [-0.2, 0) is 0 Å². The Balaban J connectivity index is 1.55. The third-order valence-corrected chi connectivity index (χ3v) is 3.98. The van der Waals surface area contributed by atoms with Gasteiger partial charge in [0.25, 0.3) is 5.91 Å². The fourth-order valence-electron chi connectivity index (χ4n) is 2.87. The maximum absolute atomic E-state index is 12.2. The average Bonchev–Trinajstić information content (AvgIpc) is 3.11. The van der Waals surface area contributed by atoms with E-state index in [1.54, 1.807) is 6.20 Å². The summed E-state index contributed by atoms with van der Waals surface area (Å²) in [6.45, 7) is 5.91. The highest BCUT2D eigenvalue weighted by Crippen LogP contribution is 2.13. The van der Waals surface area contributed by atoms with Gasteiger partial charge in [-0.2, -0.15) is 0 Å². The van der Waals surface area contributed by atoms with Gasteiger partial charge < -0.3 is 15.2 Å². The molecule has 18 heavy (non-hydrogen) atoms. The minimum absolute atomic E-state index is 0.129. The molecular weight excluding hydrogens is 228 g/mol. The van der Waals surface area contributed by atoms with Crippen LogP contribution < -0.4 is 5.32 Å². The molecule has 2 fully saturated rings. The first kappa shape index (κ1) is 11.7. The lowest BCUT2D eigenvalue weighted by atomic mass is 10.2. The highest BCUT2D eigenvalue weighted by Gasteiger charge is 2.28. The van der Waals surface area contributed by atoms with Crippen LogP contribution in [0.4, 0.5) is 0 Å².